The number of thiazole rings is 1. The predicted octanol–water partition coefficient (Wildman–Crippen LogP) is 4.15. The Morgan fingerprint density at radius 3 is 2.72 bits per heavy atom. The molecule has 2 aromatic heterocycles. The van der Waals surface area contributed by atoms with E-state index in [1.165, 1.54) is 29.1 Å². The van der Waals surface area contributed by atoms with E-state index in [0.29, 0.717) is 26.6 Å². The highest BCUT2D eigenvalue weighted by atomic mass is 35.5. The summed E-state index contributed by atoms with van der Waals surface area (Å²) in [6, 6.07) is 11.1. The predicted molar refractivity (Wildman–Crippen MR) is 110 cm³/mol. The van der Waals surface area contributed by atoms with Crippen LogP contribution in [0.5, 0.6) is 0 Å². The molecule has 0 bridgehead atoms. The van der Waals surface area contributed by atoms with Crippen molar-refractivity contribution in [2.75, 3.05) is 4.72 Å². The lowest BCUT2D eigenvalue weighted by Crippen LogP contribution is -2.13. The van der Waals surface area contributed by atoms with Crippen LogP contribution in [0.1, 0.15) is 5.69 Å². The summed E-state index contributed by atoms with van der Waals surface area (Å²) in [7, 11) is -3.98. The quantitative estimate of drug-likeness (QED) is 0.361. The molecule has 0 aliphatic rings. The summed E-state index contributed by atoms with van der Waals surface area (Å²) in [6.07, 6.45) is 1.24. The van der Waals surface area contributed by atoms with Crippen LogP contribution in [0.3, 0.4) is 0 Å². The Balaban J connectivity index is 1.69. The van der Waals surface area contributed by atoms with Gasteiger partial charge in [0.05, 0.1) is 37.7 Å². The van der Waals surface area contributed by atoms with Crippen molar-refractivity contribution < 1.29 is 13.3 Å². The van der Waals surface area contributed by atoms with E-state index in [4.69, 9.17) is 11.6 Å². The van der Waals surface area contributed by atoms with Crippen molar-refractivity contribution in [2.45, 2.75) is 11.8 Å². The highest BCUT2D eigenvalue weighted by Gasteiger charge is 2.24. The van der Waals surface area contributed by atoms with Crippen molar-refractivity contribution >= 4 is 54.0 Å². The molecule has 0 spiro atoms. The molecule has 148 valence electrons. The smallest absolute Gasteiger partial charge is 0.258 e. The SMILES string of the molecule is Cc1c(S(=O)(=O)Nc2nc3ccc([N+](=O)[O-])cc3s2)cnn1-c1ccccc1Cl. The van der Waals surface area contributed by atoms with Crippen LogP contribution >= 0.6 is 22.9 Å². The average Bonchev–Trinajstić information content (AvgIpc) is 3.24. The zero-order valence-electron chi connectivity index (χ0n) is 14.7. The van der Waals surface area contributed by atoms with E-state index in [-0.39, 0.29) is 15.7 Å². The molecule has 2 aromatic carbocycles. The van der Waals surface area contributed by atoms with Crippen molar-refractivity contribution in [3.05, 3.63) is 69.5 Å². The molecule has 0 aliphatic carbocycles. The van der Waals surface area contributed by atoms with Gasteiger partial charge in [0.15, 0.2) is 5.13 Å². The summed E-state index contributed by atoms with van der Waals surface area (Å²) >= 11 is 7.19. The third-order valence-electron chi connectivity index (χ3n) is 4.14. The normalized spacial score (nSPS) is 11.7. The first-order valence-electron chi connectivity index (χ1n) is 8.13. The fraction of sp³-hybridized carbons (Fsp3) is 0.0588. The van der Waals surface area contributed by atoms with Crippen molar-refractivity contribution in [1.29, 1.82) is 0 Å². The molecule has 9 nitrogen and oxygen atoms in total. The minimum Gasteiger partial charge on any atom is -0.258 e. The molecular weight excluding hydrogens is 438 g/mol. The van der Waals surface area contributed by atoms with Crippen LogP contribution in [0.15, 0.2) is 53.6 Å². The van der Waals surface area contributed by atoms with Gasteiger partial charge in [-0.05, 0) is 25.1 Å². The number of hydrogen-bond acceptors (Lipinski definition) is 7. The Kier molecular flexibility index (Phi) is 4.73. The first kappa shape index (κ1) is 19.3. The summed E-state index contributed by atoms with van der Waals surface area (Å²) in [6.45, 7) is 1.62. The fourth-order valence-corrected chi connectivity index (χ4v) is 5.27. The van der Waals surface area contributed by atoms with Crippen molar-refractivity contribution in [2.24, 2.45) is 0 Å². The first-order chi connectivity index (χ1) is 13.8. The highest BCUT2D eigenvalue weighted by Crippen LogP contribution is 2.31. The van der Waals surface area contributed by atoms with Crippen LogP contribution < -0.4 is 4.72 Å². The van der Waals surface area contributed by atoms with Gasteiger partial charge >= 0.3 is 0 Å². The number of fused-ring (bicyclic) bond motifs is 1. The number of nitrogens with one attached hydrogen (secondary N) is 1. The second kappa shape index (κ2) is 7.10. The molecule has 0 saturated carbocycles. The van der Waals surface area contributed by atoms with Gasteiger partial charge in [0.25, 0.3) is 15.7 Å². The maximum Gasteiger partial charge on any atom is 0.270 e. The second-order valence-corrected chi connectivity index (χ2v) is 9.08. The number of nitrogens with zero attached hydrogens (tertiary/aromatic N) is 4. The number of halogens is 1. The monoisotopic (exact) mass is 449 g/mol. The van der Waals surface area contributed by atoms with Crippen LogP contribution in [-0.2, 0) is 10.0 Å². The van der Waals surface area contributed by atoms with Crippen molar-refractivity contribution in [1.82, 2.24) is 14.8 Å². The van der Waals surface area contributed by atoms with Gasteiger partial charge in [-0.25, -0.2) is 18.1 Å². The van der Waals surface area contributed by atoms with Gasteiger partial charge in [-0.15, -0.1) is 0 Å². The van der Waals surface area contributed by atoms with Crippen LogP contribution in [0.2, 0.25) is 5.02 Å². The number of anilines is 1. The topological polar surface area (TPSA) is 120 Å². The summed E-state index contributed by atoms with van der Waals surface area (Å²) in [5.41, 5.74) is 1.30. The summed E-state index contributed by atoms with van der Waals surface area (Å²) in [5.74, 6) is 0. The molecule has 0 fully saturated rings. The van der Waals surface area contributed by atoms with E-state index in [9.17, 15) is 18.5 Å². The van der Waals surface area contributed by atoms with E-state index in [0.717, 1.165) is 11.3 Å². The highest BCUT2D eigenvalue weighted by molar-refractivity contribution is 7.93. The standard InChI is InChI=1S/C17H12ClN5O4S2/c1-10-16(9-19-22(10)14-5-3-2-4-12(14)18)29(26,27)21-17-20-13-7-6-11(23(24)25)8-15(13)28-17/h2-9H,1H3,(H,20,21). The third kappa shape index (κ3) is 3.55. The average molecular weight is 450 g/mol. The molecule has 0 unspecified atom stereocenters. The number of hydrogen-bond donors (Lipinski definition) is 1. The zero-order valence-corrected chi connectivity index (χ0v) is 17.1. The Bertz CT molecular complexity index is 1360. The molecule has 4 rings (SSSR count). The molecule has 12 heteroatoms. The van der Waals surface area contributed by atoms with Gasteiger partial charge in [0, 0.05) is 12.1 Å². The van der Waals surface area contributed by atoms with Gasteiger partial charge in [-0.3, -0.25) is 14.8 Å². The number of nitro benzene ring substituents is 1. The fourth-order valence-electron chi connectivity index (χ4n) is 2.77. The molecule has 0 radical (unpaired) electrons. The number of non-ortho nitro benzene ring substituents is 1. The molecule has 0 atom stereocenters. The molecule has 0 saturated heterocycles. The van der Waals surface area contributed by atoms with Crippen LogP contribution in [0.4, 0.5) is 10.8 Å². The number of rotatable bonds is 5. The maximum absolute atomic E-state index is 12.9. The van der Waals surface area contributed by atoms with Crippen LogP contribution in [-0.4, -0.2) is 28.1 Å². The van der Waals surface area contributed by atoms with Gasteiger partial charge in [-0.1, -0.05) is 35.1 Å². The van der Waals surface area contributed by atoms with Crippen molar-refractivity contribution in [3.63, 3.8) is 0 Å². The third-order valence-corrected chi connectivity index (χ3v) is 6.96. The molecule has 1 N–H and O–H groups in total. The van der Waals surface area contributed by atoms with Gasteiger partial charge in [-0.2, -0.15) is 5.10 Å². The van der Waals surface area contributed by atoms with E-state index in [2.05, 4.69) is 14.8 Å². The molecule has 0 aliphatic heterocycles. The number of benzene rings is 2. The molecular formula is C17H12ClN5O4S2. The number of aromatic nitrogens is 3. The summed E-state index contributed by atoms with van der Waals surface area (Å²) in [4.78, 5) is 14.6. The molecule has 2 heterocycles. The number of para-hydroxylation sites is 1. The van der Waals surface area contributed by atoms with Gasteiger partial charge in [0.1, 0.15) is 4.90 Å². The lowest BCUT2D eigenvalue weighted by atomic mass is 10.3. The van der Waals surface area contributed by atoms with E-state index < -0.39 is 14.9 Å². The van der Waals surface area contributed by atoms with E-state index >= 15 is 0 Å². The second-order valence-electron chi connectivity index (χ2n) is 5.99. The van der Waals surface area contributed by atoms with E-state index in [1.54, 1.807) is 31.2 Å². The maximum atomic E-state index is 12.9. The van der Waals surface area contributed by atoms with Crippen molar-refractivity contribution in [3.8, 4) is 5.69 Å². The lowest BCUT2D eigenvalue weighted by Gasteiger charge is -2.08. The Hall–Kier alpha value is -3.02. The first-order valence-corrected chi connectivity index (χ1v) is 10.8. The summed E-state index contributed by atoms with van der Waals surface area (Å²) < 4.78 is 30.1. The number of nitro groups is 1. The molecule has 4 aromatic rings. The largest absolute Gasteiger partial charge is 0.270 e. The molecule has 0 amide bonds. The van der Waals surface area contributed by atoms with Gasteiger partial charge < -0.3 is 0 Å². The van der Waals surface area contributed by atoms with Crippen LogP contribution in [0.25, 0.3) is 15.9 Å². The Labute approximate surface area is 173 Å². The van der Waals surface area contributed by atoms with Crippen LogP contribution in [0, 0.1) is 17.0 Å². The Morgan fingerprint density at radius 2 is 2.00 bits per heavy atom. The Morgan fingerprint density at radius 1 is 1.24 bits per heavy atom. The zero-order chi connectivity index (χ0) is 20.8. The summed E-state index contributed by atoms with van der Waals surface area (Å²) in [5, 5.41) is 15.6. The van der Waals surface area contributed by atoms with Gasteiger partial charge in [0.2, 0.25) is 0 Å². The minimum absolute atomic E-state index is 0.0253. The lowest BCUT2D eigenvalue weighted by molar-refractivity contribution is -0.384. The molecule has 29 heavy (non-hydrogen) atoms. The minimum atomic E-state index is -3.98. The van der Waals surface area contributed by atoms with E-state index in [1.807, 2.05) is 0 Å². The number of sulfonamides is 1.